The number of anilines is 1. The third-order valence-electron chi connectivity index (χ3n) is 4.79. The third-order valence-corrected chi connectivity index (χ3v) is 5.83. The zero-order valence-corrected chi connectivity index (χ0v) is 15.2. The first-order valence-corrected chi connectivity index (χ1v) is 9.19. The van der Waals surface area contributed by atoms with Crippen LogP contribution in [0.5, 0.6) is 0 Å². The molecule has 2 aromatic rings. The highest BCUT2D eigenvalue weighted by Crippen LogP contribution is 2.42. The van der Waals surface area contributed by atoms with Crippen LogP contribution in [-0.4, -0.2) is 35.9 Å². The molecular weight excluding hydrogens is 322 g/mol. The molecule has 24 heavy (non-hydrogen) atoms. The van der Waals surface area contributed by atoms with Crippen molar-refractivity contribution in [2.24, 2.45) is 11.3 Å². The summed E-state index contributed by atoms with van der Waals surface area (Å²) in [6, 6.07) is 10.0. The molecule has 0 amide bonds. The van der Waals surface area contributed by atoms with E-state index in [4.69, 9.17) is 4.74 Å². The van der Waals surface area contributed by atoms with Gasteiger partial charge in [-0.15, -0.1) is 10.2 Å². The van der Waals surface area contributed by atoms with Crippen molar-refractivity contribution in [3.63, 3.8) is 0 Å². The highest BCUT2D eigenvalue weighted by molar-refractivity contribution is 7.18. The van der Waals surface area contributed by atoms with Crippen LogP contribution in [0.1, 0.15) is 27.2 Å². The van der Waals surface area contributed by atoms with Crippen molar-refractivity contribution in [2.45, 2.75) is 27.2 Å². The zero-order valence-electron chi connectivity index (χ0n) is 14.4. The van der Waals surface area contributed by atoms with Crippen molar-refractivity contribution < 1.29 is 9.53 Å². The Morgan fingerprint density at radius 1 is 1.33 bits per heavy atom. The number of carbonyl (C=O) groups is 1. The molecule has 128 valence electrons. The third kappa shape index (κ3) is 3.02. The monoisotopic (exact) mass is 345 g/mol. The number of hydrogen-bond acceptors (Lipinski definition) is 6. The van der Waals surface area contributed by atoms with Gasteiger partial charge in [0.15, 0.2) is 0 Å². The number of nitrogens with zero attached hydrogens (tertiary/aromatic N) is 3. The molecule has 0 saturated carbocycles. The largest absolute Gasteiger partial charge is 0.466 e. The highest BCUT2D eigenvalue weighted by Gasteiger charge is 2.49. The summed E-state index contributed by atoms with van der Waals surface area (Å²) in [4.78, 5) is 14.7. The van der Waals surface area contributed by atoms with Gasteiger partial charge in [0, 0.05) is 18.7 Å². The van der Waals surface area contributed by atoms with Gasteiger partial charge in [-0.2, -0.15) is 0 Å². The molecule has 1 aromatic carbocycles. The summed E-state index contributed by atoms with van der Waals surface area (Å²) in [5.41, 5.74) is 0.621. The lowest BCUT2D eigenvalue weighted by Crippen LogP contribution is -2.40. The van der Waals surface area contributed by atoms with E-state index in [1.165, 1.54) is 0 Å². The Morgan fingerprint density at radius 3 is 2.75 bits per heavy atom. The van der Waals surface area contributed by atoms with Gasteiger partial charge in [-0.05, 0) is 19.3 Å². The van der Waals surface area contributed by atoms with Crippen molar-refractivity contribution in [2.75, 3.05) is 24.6 Å². The van der Waals surface area contributed by atoms with Crippen molar-refractivity contribution in [1.82, 2.24) is 10.2 Å². The molecule has 1 atom stereocenters. The van der Waals surface area contributed by atoms with E-state index in [1.54, 1.807) is 11.3 Å². The van der Waals surface area contributed by atoms with Gasteiger partial charge in [-0.25, -0.2) is 0 Å². The Morgan fingerprint density at radius 2 is 2.08 bits per heavy atom. The molecule has 0 radical (unpaired) electrons. The molecule has 1 unspecified atom stereocenters. The molecular formula is C18H23N3O2S. The van der Waals surface area contributed by atoms with Gasteiger partial charge in [-0.3, -0.25) is 4.79 Å². The van der Waals surface area contributed by atoms with Crippen molar-refractivity contribution in [3.8, 4) is 10.6 Å². The van der Waals surface area contributed by atoms with Gasteiger partial charge in [0.1, 0.15) is 5.01 Å². The van der Waals surface area contributed by atoms with Crippen LogP contribution in [0.15, 0.2) is 30.3 Å². The van der Waals surface area contributed by atoms with Crippen LogP contribution < -0.4 is 4.90 Å². The van der Waals surface area contributed by atoms with Crippen LogP contribution in [0.4, 0.5) is 5.13 Å². The van der Waals surface area contributed by atoms with Crippen LogP contribution in [0, 0.1) is 11.3 Å². The molecule has 6 heteroatoms. The van der Waals surface area contributed by atoms with Gasteiger partial charge >= 0.3 is 5.97 Å². The molecule has 5 nitrogen and oxygen atoms in total. The number of hydrogen-bond donors (Lipinski definition) is 0. The molecule has 0 bridgehead atoms. The van der Waals surface area contributed by atoms with Gasteiger partial charge in [-0.1, -0.05) is 55.5 Å². The van der Waals surface area contributed by atoms with E-state index in [-0.39, 0.29) is 11.9 Å². The molecule has 1 aromatic heterocycles. The smallest absolute Gasteiger partial charge is 0.314 e. The lowest BCUT2D eigenvalue weighted by molar-refractivity contribution is -0.156. The molecule has 1 saturated heterocycles. The maximum Gasteiger partial charge on any atom is 0.314 e. The predicted octanol–water partition coefficient (Wildman–Crippen LogP) is 3.62. The summed E-state index contributed by atoms with van der Waals surface area (Å²) in [6.45, 7) is 7.92. The maximum absolute atomic E-state index is 12.5. The Bertz CT molecular complexity index is 701. The minimum absolute atomic E-state index is 0.0877. The number of benzene rings is 1. The fourth-order valence-electron chi connectivity index (χ4n) is 3.19. The topological polar surface area (TPSA) is 55.3 Å². The summed E-state index contributed by atoms with van der Waals surface area (Å²) in [5, 5.41) is 10.4. The van der Waals surface area contributed by atoms with E-state index in [9.17, 15) is 4.79 Å². The zero-order chi connectivity index (χ0) is 17.2. The standard InChI is InChI=1S/C18H23N3O2S/c1-4-23-16(22)18(13(2)3)10-11-21(12-18)17-20-19-15(24-17)14-8-6-5-7-9-14/h5-9,13H,4,10-12H2,1-3H3. The number of esters is 1. The fourth-order valence-corrected chi connectivity index (χ4v) is 4.06. The molecule has 1 aliphatic rings. The quantitative estimate of drug-likeness (QED) is 0.775. The summed E-state index contributed by atoms with van der Waals surface area (Å²) >= 11 is 1.57. The van der Waals surface area contributed by atoms with Crippen molar-refractivity contribution >= 4 is 22.4 Å². The van der Waals surface area contributed by atoms with Crippen LogP contribution in [0.3, 0.4) is 0 Å². The molecule has 1 fully saturated rings. The number of carbonyl (C=O) groups excluding carboxylic acids is 1. The lowest BCUT2D eigenvalue weighted by Gasteiger charge is -2.30. The lowest BCUT2D eigenvalue weighted by atomic mass is 9.76. The van der Waals surface area contributed by atoms with E-state index in [0.717, 1.165) is 28.7 Å². The van der Waals surface area contributed by atoms with Crippen LogP contribution >= 0.6 is 11.3 Å². The Kier molecular flexibility index (Phi) is 4.85. The number of ether oxygens (including phenoxy) is 1. The summed E-state index contributed by atoms with van der Waals surface area (Å²) < 4.78 is 5.35. The Balaban J connectivity index is 1.80. The van der Waals surface area contributed by atoms with Crippen LogP contribution in [0.25, 0.3) is 10.6 Å². The van der Waals surface area contributed by atoms with Crippen LogP contribution in [-0.2, 0) is 9.53 Å². The van der Waals surface area contributed by atoms with E-state index in [2.05, 4.69) is 28.9 Å². The fraction of sp³-hybridized carbons (Fsp3) is 0.500. The first-order chi connectivity index (χ1) is 11.6. The van der Waals surface area contributed by atoms with E-state index >= 15 is 0 Å². The molecule has 3 rings (SSSR count). The second-order valence-corrected chi connectivity index (χ2v) is 7.41. The van der Waals surface area contributed by atoms with Gasteiger partial charge in [0.05, 0.1) is 12.0 Å². The van der Waals surface area contributed by atoms with Gasteiger partial charge in [0.2, 0.25) is 5.13 Å². The van der Waals surface area contributed by atoms with Gasteiger partial charge in [0.25, 0.3) is 0 Å². The molecule has 0 N–H and O–H groups in total. The highest BCUT2D eigenvalue weighted by atomic mass is 32.1. The Labute approximate surface area is 146 Å². The second kappa shape index (κ2) is 6.89. The van der Waals surface area contributed by atoms with E-state index < -0.39 is 5.41 Å². The average molecular weight is 345 g/mol. The molecule has 2 heterocycles. The van der Waals surface area contributed by atoms with E-state index in [1.807, 2.05) is 37.3 Å². The number of aromatic nitrogens is 2. The first-order valence-electron chi connectivity index (χ1n) is 8.38. The first kappa shape index (κ1) is 16.9. The Hall–Kier alpha value is -1.95. The summed E-state index contributed by atoms with van der Waals surface area (Å²) in [7, 11) is 0. The SMILES string of the molecule is CCOC(=O)C1(C(C)C)CCN(c2nnc(-c3ccccc3)s2)C1. The normalized spacial score (nSPS) is 20.6. The minimum atomic E-state index is -0.450. The number of rotatable bonds is 5. The summed E-state index contributed by atoms with van der Waals surface area (Å²) in [5.74, 6) is 0.137. The molecule has 1 aliphatic heterocycles. The second-order valence-electron chi connectivity index (χ2n) is 6.46. The predicted molar refractivity (Wildman–Crippen MR) is 96.1 cm³/mol. The molecule has 0 spiro atoms. The van der Waals surface area contributed by atoms with Crippen molar-refractivity contribution in [3.05, 3.63) is 30.3 Å². The molecule has 0 aliphatic carbocycles. The minimum Gasteiger partial charge on any atom is -0.466 e. The van der Waals surface area contributed by atoms with Gasteiger partial charge < -0.3 is 9.64 Å². The average Bonchev–Trinajstić information content (AvgIpc) is 3.24. The van der Waals surface area contributed by atoms with Crippen molar-refractivity contribution in [1.29, 1.82) is 0 Å². The maximum atomic E-state index is 12.5. The van der Waals surface area contributed by atoms with E-state index in [0.29, 0.717) is 13.2 Å². The summed E-state index contributed by atoms with van der Waals surface area (Å²) in [6.07, 6.45) is 0.795. The van der Waals surface area contributed by atoms with Crippen LogP contribution in [0.2, 0.25) is 0 Å².